The van der Waals surface area contributed by atoms with E-state index in [1.165, 1.54) is 38.1 Å². The van der Waals surface area contributed by atoms with E-state index in [-0.39, 0.29) is 0 Å². The van der Waals surface area contributed by atoms with Crippen molar-refractivity contribution in [2.45, 2.75) is 0 Å². The molecule has 1 heterocycles. The van der Waals surface area contributed by atoms with Gasteiger partial charge in [0.1, 0.15) is 11.2 Å². The number of nitrogens with zero attached hydrogens (tertiary/aromatic N) is 1. The van der Waals surface area contributed by atoms with E-state index in [4.69, 9.17) is 4.42 Å². The van der Waals surface area contributed by atoms with Gasteiger partial charge in [0.2, 0.25) is 0 Å². The number of fused-ring (bicyclic) bond motifs is 7. The fourth-order valence-electron chi connectivity index (χ4n) is 7.68. The smallest absolute Gasteiger partial charge is 0.143 e. The van der Waals surface area contributed by atoms with E-state index in [2.05, 4.69) is 193 Å². The average Bonchev–Trinajstić information content (AvgIpc) is 3.58. The number of benzene rings is 9. The Bertz CT molecular complexity index is 2890. The van der Waals surface area contributed by atoms with Crippen LogP contribution in [-0.4, -0.2) is 0 Å². The number of hydrogen-bond acceptors (Lipinski definition) is 2. The Morgan fingerprint density at radius 1 is 0.360 bits per heavy atom. The van der Waals surface area contributed by atoms with E-state index in [9.17, 15) is 0 Å². The maximum absolute atomic E-state index is 6.64. The van der Waals surface area contributed by atoms with Gasteiger partial charge in [-0.15, -0.1) is 0 Å². The van der Waals surface area contributed by atoms with E-state index in [1.807, 2.05) is 0 Å². The molecular weight excluding hydrogens is 607 g/mol. The summed E-state index contributed by atoms with van der Waals surface area (Å²) in [5, 5.41) is 9.43. The molecule has 0 bridgehead atoms. The molecule has 0 fully saturated rings. The first kappa shape index (κ1) is 28.4. The number of rotatable bonds is 5. The van der Waals surface area contributed by atoms with E-state index < -0.39 is 0 Å². The summed E-state index contributed by atoms with van der Waals surface area (Å²) in [4.78, 5) is 2.43. The highest BCUT2D eigenvalue weighted by atomic mass is 16.3. The summed E-state index contributed by atoms with van der Waals surface area (Å²) in [6, 6.07) is 67.6. The minimum Gasteiger partial charge on any atom is -0.455 e. The molecule has 2 nitrogen and oxygen atoms in total. The second-order valence-electron chi connectivity index (χ2n) is 12.9. The molecule has 10 rings (SSSR count). The molecular formula is C48H31NO. The van der Waals surface area contributed by atoms with E-state index in [0.717, 1.165) is 55.5 Å². The van der Waals surface area contributed by atoms with Gasteiger partial charge in [-0.05, 0) is 80.7 Å². The zero-order valence-electron chi connectivity index (χ0n) is 27.3. The Labute approximate surface area is 290 Å². The Balaban J connectivity index is 1.23. The van der Waals surface area contributed by atoms with Crippen molar-refractivity contribution in [3.05, 3.63) is 188 Å². The van der Waals surface area contributed by atoms with Gasteiger partial charge in [-0.25, -0.2) is 0 Å². The monoisotopic (exact) mass is 637 g/mol. The van der Waals surface area contributed by atoms with Gasteiger partial charge in [0.05, 0.1) is 11.4 Å². The lowest BCUT2D eigenvalue weighted by Gasteiger charge is -2.29. The molecule has 0 atom stereocenters. The van der Waals surface area contributed by atoms with Gasteiger partial charge < -0.3 is 9.32 Å². The highest BCUT2D eigenvalue weighted by molar-refractivity contribution is 6.20. The molecule has 10 aromatic rings. The predicted molar refractivity (Wildman–Crippen MR) is 212 cm³/mol. The summed E-state index contributed by atoms with van der Waals surface area (Å²) in [5.41, 5.74) is 9.78. The standard InChI is InChI=1S/C48H31NO/c1-2-15-35-30-37(27-26-32(35)12-1)36-17-9-18-38(31-36)49(44-24-10-16-33-13-3-5-19-39(33)44)45-23-8-7-21-41(45)42-22-11-25-46-47(42)43-29-28-34-14-4-6-20-40(34)48(43)50-46/h1-31H. The number of para-hydroxylation sites is 1. The molecule has 0 unspecified atom stereocenters. The van der Waals surface area contributed by atoms with Crippen LogP contribution < -0.4 is 4.90 Å². The Hall–Kier alpha value is -6.64. The summed E-state index contributed by atoms with van der Waals surface area (Å²) >= 11 is 0. The lowest BCUT2D eigenvalue weighted by Crippen LogP contribution is -2.12. The summed E-state index contributed by atoms with van der Waals surface area (Å²) in [7, 11) is 0. The minimum atomic E-state index is 0.888. The van der Waals surface area contributed by atoms with Crippen LogP contribution in [0.1, 0.15) is 0 Å². The first-order valence-electron chi connectivity index (χ1n) is 17.1. The van der Waals surface area contributed by atoms with Gasteiger partial charge >= 0.3 is 0 Å². The second kappa shape index (κ2) is 11.5. The molecule has 0 saturated carbocycles. The topological polar surface area (TPSA) is 16.4 Å². The van der Waals surface area contributed by atoms with Crippen LogP contribution in [-0.2, 0) is 0 Å². The third kappa shape index (κ3) is 4.57. The van der Waals surface area contributed by atoms with Crippen molar-refractivity contribution < 1.29 is 4.42 Å². The van der Waals surface area contributed by atoms with Crippen molar-refractivity contribution in [2.75, 3.05) is 4.90 Å². The molecule has 0 aliphatic heterocycles. The van der Waals surface area contributed by atoms with Gasteiger partial charge in [0, 0.05) is 32.8 Å². The molecule has 0 amide bonds. The Morgan fingerprint density at radius 3 is 1.88 bits per heavy atom. The normalized spacial score (nSPS) is 11.6. The van der Waals surface area contributed by atoms with Crippen LogP contribution in [0.15, 0.2) is 192 Å². The van der Waals surface area contributed by atoms with Crippen molar-refractivity contribution >= 4 is 71.3 Å². The van der Waals surface area contributed by atoms with Crippen molar-refractivity contribution in [1.29, 1.82) is 0 Å². The van der Waals surface area contributed by atoms with Crippen molar-refractivity contribution in [3.63, 3.8) is 0 Å². The number of hydrogen-bond donors (Lipinski definition) is 0. The highest BCUT2D eigenvalue weighted by Gasteiger charge is 2.22. The maximum Gasteiger partial charge on any atom is 0.143 e. The summed E-state index contributed by atoms with van der Waals surface area (Å²) in [5.74, 6) is 0. The van der Waals surface area contributed by atoms with Gasteiger partial charge in [-0.2, -0.15) is 0 Å². The zero-order chi connectivity index (χ0) is 33.0. The predicted octanol–water partition coefficient (Wildman–Crippen LogP) is 13.8. The lowest BCUT2D eigenvalue weighted by molar-refractivity contribution is 0.673. The number of anilines is 3. The van der Waals surface area contributed by atoms with E-state index in [1.54, 1.807) is 0 Å². The van der Waals surface area contributed by atoms with Crippen molar-refractivity contribution in [3.8, 4) is 22.3 Å². The molecule has 0 spiro atoms. The van der Waals surface area contributed by atoms with Crippen LogP contribution in [0.2, 0.25) is 0 Å². The SMILES string of the molecule is c1cc(-c2ccc3ccccc3c2)cc(N(c2ccccc2-c2cccc3oc4c5ccccc5ccc4c23)c2cccc3ccccc23)c1. The molecule has 0 radical (unpaired) electrons. The molecule has 50 heavy (non-hydrogen) atoms. The van der Waals surface area contributed by atoms with Crippen LogP contribution in [0.5, 0.6) is 0 Å². The Morgan fingerprint density at radius 2 is 0.980 bits per heavy atom. The molecule has 9 aromatic carbocycles. The fraction of sp³-hybridized carbons (Fsp3) is 0. The maximum atomic E-state index is 6.64. The third-order valence-corrected chi connectivity index (χ3v) is 10.0. The van der Waals surface area contributed by atoms with Crippen molar-refractivity contribution in [2.24, 2.45) is 0 Å². The largest absolute Gasteiger partial charge is 0.455 e. The van der Waals surface area contributed by atoms with Crippen LogP contribution in [0, 0.1) is 0 Å². The summed E-state index contributed by atoms with van der Waals surface area (Å²) in [6.07, 6.45) is 0. The first-order chi connectivity index (χ1) is 24.8. The van der Waals surface area contributed by atoms with Crippen LogP contribution in [0.3, 0.4) is 0 Å². The van der Waals surface area contributed by atoms with E-state index >= 15 is 0 Å². The molecule has 0 aliphatic rings. The van der Waals surface area contributed by atoms with E-state index in [0.29, 0.717) is 0 Å². The summed E-state index contributed by atoms with van der Waals surface area (Å²) in [6.45, 7) is 0. The quantitative estimate of drug-likeness (QED) is 0.187. The molecule has 0 saturated heterocycles. The van der Waals surface area contributed by atoms with Crippen LogP contribution in [0.4, 0.5) is 17.1 Å². The first-order valence-corrected chi connectivity index (χ1v) is 17.1. The molecule has 2 heteroatoms. The molecule has 0 aliphatic carbocycles. The molecule has 0 N–H and O–H groups in total. The number of furan rings is 1. The van der Waals surface area contributed by atoms with Crippen LogP contribution in [0.25, 0.3) is 76.5 Å². The van der Waals surface area contributed by atoms with Crippen molar-refractivity contribution in [1.82, 2.24) is 0 Å². The van der Waals surface area contributed by atoms with Gasteiger partial charge in [0.15, 0.2) is 0 Å². The minimum absolute atomic E-state index is 0.888. The second-order valence-corrected chi connectivity index (χ2v) is 12.9. The zero-order valence-corrected chi connectivity index (χ0v) is 27.3. The third-order valence-electron chi connectivity index (χ3n) is 10.0. The van der Waals surface area contributed by atoms with Gasteiger partial charge in [0.25, 0.3) is 0 Å². The molecule has 1 aromatic heterocycles. The summed E-state index contributed by atoms with van der Waals surface area (Å²) < 4.78 is 6.64. The fourth-order valence-corrected chi connectivity index (χ4v) is 7.68. The Kier molecular flexibility index (Phi) is 6.53. The van der Waals surface area contributed by atoms with Gasteiger partial charge in [-0.3, -0.25) is 0 Å². The average molecular weight is 638 g/mol. The van der Waals surface area contributed by atoms with Gasteiger partial charge in [-0.1, -0.05) is 146 Å². The van der Waals surface area contributed by atoms with Crippen LogP contribution >= 0.6 is 0 Å². The lowest BCUT2D eigenvalue weighted by atomic mass is 9.95. The highest BCUT2D eigenvalue weighted by Crippen LogP contribution is 2.47. The molecule has 234 valence electrons.